The van der Waals surface area contributed by atoms with Gasteiger partial charge in [-0.2, -0.15) is 4.99 Å². The van der Waals surface area contributed by atoms with E-state index in [0.29, 0.717) is 15.7 Å². The number of ether oxygens (including phenoxy) is 1. The Labute approximate surface area is 153 Å². The number of thiazole rings is 1. The standard InChI is InChI=1S/C17H17ClN2O2S2/c1-3-20-13-7-5-11(22-4-2)9-14(13)24-17(20)19-16(21)10-12-6-8-15(18)23-12/h5-9H,3-4,10H2,1-2H3. The summed E-state index contributed by atoms with van der Waals surface area (Å²) in [4.78, 5) is 18.2. The average molecular weight is 381 g/mol. The molecule has 0 aliphatic heterocycles. The maximum Gasteiger partial charge on any atom is 0.253 e. The lowest BCUT2D eigenvalue weighted by Gasteiger charge is -2.03. The van der Waals surface area contributed by atoms with E-state index in [1.54, 1.807) is 6.07 Å². The number of rotatable bonds is 5. The van der Waals surface area contributed by atoms with Gasteiger partial charge in [-0.15, -0.1) is 11.3 Å². The van der Waals surface area contributed by atoms with Crippen LogP contribution in [0, 0.1) is 0 Å². The molecule has 0 unspecified atom stereocenters. The number of hydrogen-bond acceptors (Lipinski definition) is 4. The average Bonchev–Trinajstić information content (AvgIpc) is 3.09. The van der Waals surface area contributed by atoms with Gasteiger partial charge in [0.05, 0.1) is 27.6 Å². The fourth-order valence-corrected chi connectivity index (χ4v) is 4.66. The minimum atomic E-state index is -0.160. The third-order valence-electron chi connectivity index (χ3n) is 3.46. The van der Waals surface area contributed by atoms with E-state index >= 15 is 0 Å². The summed E-state index contributed by atoms with van der Waals surface area (Å²) in [6.45, 7) is 5.39. The molecule has 126 valence electrons. The monoisotopic (exact) mass is 380 g/mol. The summed E-state index contributed by atoms with van der Waals surface area (Å²) < 4.78 is 9.35. The Morgan fingerprint density at radius 3 is 2.75 bits per heavy atom. The number of aromatic nitrogens is 1. The summed E-state index contributed by atoms with van der Waals surface area (Å²) in [5.74, 6) is 0.674. The van der Waals surface area contributed by atoms with E-state index in [9.17, 15) is 4.79 Å². The first-order valence-electron chi connectivity index (χ1n) is 7.68. The topological polar surface area (TPSA) is 43.6 Å². The van der Waals surface area contributed by atoms with Gasteiger partial charge in [-0.05, 0) is 44.2 Å². The van der Waals surface area contributed by atoms with Crippen LogP contribution in [0.5, 0.6) is 5.75 Å². The molecule has 24 heavy (non-hydrogen) atoms. The molecular formula is C17H17ClN2O2S2. The van der Waals surface area contributed by atoms with Crippen molar-refractivity contribution in [2.75, 3.05) is 6.61 Å². The Morgan fingerprint density at radius 2 is 2.08 bits per heavy atom. The second kappa shape index (κ2) is 7.51. The molecule has 0 saturated heterocycles. The largest absolute Gasteiger partial charge is 0.494 e. The lowest BCUT2D eigenvalue weighted by molar-refractivity contribution is -0.117. The number of carbonyl (C=O) groups is 1. The summed E-state index contributed by atoms with van der Waals surface area (Å²) in [6, 6.07) is 9.63. The van der Waals surface area contributed by atoms with Gasteiger partial charge in [-0.3, -0.25) is 4.79 Å². The summed E-state index contributed by atoms with van der Waals surface area (Å²) in [7, 11) is 0. The van der Waals surface area contributed by atoms with E-state index in [0.717, 1.165) is 27.4 Å². The van der Waals surface area contributed by atoms with Gasteiger partial charge in [-0.25, -0.2) is 0 Å². The molecular weight excluding hydrogens is 364 g/mol. The van der Waals surface area contributed by atoms with Crippen molar-refractivity contribution >= 4 is 50.4 Å². The highest BCUT2D eigenvalue weighted by Gasteiger charge is 2.09. The summed E-state index contributed by atoms with van der Waals surface area (Å²) in [5, 5.41) is 0. The van der Waals surface area contributed by atoms with Gasteiger partial charge in [0.1, 0.15) is 5.75 Å². The van der Waals surface area contributed by atoms with Gasteiger partial charge in [0, 0.05) is 11.4 Å². The van der Waals surface area contributed by atoms with Crippen LogP contribution in [0.15, 0.2) is 35.3 Å². The van der Waals surface area contributed by atoms with Crippen molar-refractivity contribution in [2.24, 2.45) is 4.99 Å². The van der Waals surface area contributed by atoms with Crippen molar-refractivity contribution in [3.63, 3.8) is 0 Å². The molecule has 7 heteroatoms. The van der Waals surface area contributed by atoms with Crippen LogP contribution >= 0.6 is 34.3 Å². The Hall–Kier alpha value is -1.63. The predicted molar refractivity (Wildman–Crippen MR) is 100 cm³/mol. The zero-order valence-corrected chi connectivity index (χ0v) is 15.8. The zero-order chi connectivity index (χ0) is 17.1. The third kappa shape index (κ3) is 3.71. The molecule has 0 saturated carbocycles. The lowest BCUT2D eigenvalue weighted by atomic mass is 10.3. The van der Waals surface area contributed by atoms with E-state index in [1.807, 2.05) is 38.1 Å². The minimum Gasteiger partial charge on any atom is -0.494 e. The second-order valence-electron chi connectivity index (χ2n) is 5.08. The number of amides is 1. The summed E-state index contributed by atoms with van der Waals surface area (Å²) in [6.07, 6.45) is 0.277. The van der Waals surface area contributed by atoms with E-state index in [1.165, 1.54) is 22.7 Å². The molecule has 2 heterocycles. The first kappa shape index (κ1) is 17.2. The highest BCUT2D eigenvalue weighted by atomic mass is 35.5. The van der Waals surface area contributed by atoms with Gasteiger partial charge < -0.3 is 9.30 Å². The molecule has 1 amide bonds. The summed E-state index contributed by atoms with van der Waals surface area (Å²) in [5.41, 5.74) is 1.07. The SMILES string of the molecule is CCOc1ccc2c(c1)sc(=NC(=O)Cc1ccc(Cl)s1)n2CC. The van der Waals surface area contributed by atoms with E-state index in [2.05, 4.69) is 9.56 Å². The number of benzene rings is 1. The van der Waals surface area contributed by atoms with Crippen LogP contribution in [0.2, 0.25) is 4.34 Å². The molecule has 0 radical (unpaired) electrons. The van der Waals surface area contributed by atoms with Crippen molar-refractivity contribution in [1.82, 2.24) is 4.57 Å². The maximum absolute atomic E-state index is 12.3. The van der Waals surface area contributed by atoms with Crippen LogP contribution in [-0.2, 0) is 17.8 Å². The first-order valence-corrected chi connectivity index (χ1v) is 9.69. The third-order valence-corrected chi connectivity index (χ3v) is 5.73. The Morgan fingerprint density at radius 1 is 1.25 bits per heavy atom. The minimum absolute atomic E-state index is 0.160. The molecule has 3 aromatic rings. The van der Waals surface area contributed by atoms with Gasteiger partial charge in [0.15, 0.2) is 4.80 Å². The Balaban J connectivity index is 1.96. The number of hydrogen-bond donors (Lipinski definition) is 0. The van der Waals surface area contributed by atoms with Crippen LogP contribution < -0.4 is 9.54 Å². The highest BCUT2D eigenvalue weighted by molar-refractivity contribution is 7.16. The molecule has 0 fully saturated rings. The number of nitrogens with zero attached hydrogens (tertiary/aromatic N) is 2. The highest BCUT2D eigenvalue weighted by Crippen LogP contribution is 2.24. The maximum atomic E-state index is 12.3. The molecule has 0 N–H and O–H groups in total. The van der Waals surface area contributed by atoms with Gasteiger partial charge in [0.25, 0.3) is 5.91 Å². The van der Waals surface area contributed by atoms with Gasteiger partial charge in [-0.1, -0.05) is 22.9 Å². The van der Waals surface area contributed by atoms with Crippen LogP contribution in [0.1, 0.15) is 18.7 Å². The fraction of sp³-hybridized carbons (Fsp3) is 0.294. The molecule has 4 nitrogen and oxygen atoms in total. The van der Waals surface area contributed by atoms with Crippen molar-refractivity contribution in [1.29, 1.82) is 0 Å². The molecule has 0 spiro atoms. The van der Waals surface area contributed by atoms with E-state index < -0.39 is 0 Å². The molecule has 0 aliphatic rings. The van der Waals surface area contributed by atoms with Crippen molar-refractivity contribution in [3.05, 3.63) is 44.3 Å². The number of carbonyl (C=O) groups excluding carboxylic acids is 1. The predicted octanol–water partition coefficient (Wildman–Crippen LogP) is 4.51. The molecule has 1 aromatic carbocycles. The van der Waals surface area contributed by atoms with Crippen molar-refractivity contribution < 1.29 is 9.53 Å². The number of thiophene rings is 1. The number of fused-ring (bicyclic) bond motifs is 1. The zero-order valence-electron chi connectivity index (χ0n) is 13.4. The van der Waals surface area contributed by atoms with E-state index in [-0.39, 0.29) is 12.3 Å². The normalized spacial score (nSPS) is 12.0. The smallest absolute Gasteiger partial charge is 0.253 e. The van der Waals surface area contributed by atoms with Gasteiger partial charge >= 0.3 is 0 Å². The molecule has 0 bridgehead atoms. The quantitative estimate of drug-likeness (QED) is 0.653. The van der Waals surface area contributed by atoms with Crippen LogP contribution in [0.25, 0.3) is 10.2 Å². The van der Waals surface area contributed by atoms with E-state index in [4.69, 9.17) is 16.3 Å². The molecule has 3 rings (SSSR count). The number of aryl methyl sites for hydroxylation is 1. The molecule has 0 aliphatic carbocycles. The molecule has 0 atom stereocenters. The molecule has 2 aromatic heterocycles. The first-order chi connectivity index (χ1) is 11.6. The fourth-order valence-electron chi connectivity index (χ4n) is 2.44. The van der Waals surface area contributed by atoms with Gasteiger partial charge in [0.2, 0.25) is 0 Å². The van der Waals surface area contributed by atoms with Crippen molar-refractivity contribution in [2.45, 2.75) is 26.8 Å². The van der Waals surface area contributed by atoms with Crippen LogP contribution in [0.3, 0.4) is 0 Å². The van der Waals surface area contributed by atoms with Crippen molar-refractivity contribution in [3.8, 4) is 5.75 Å². The number of halogens is 1. The van der Waals surface area contributed by atoms with Crippen LogP contribution in [0.4, 0.5) is 0 Å². The second-order valence-corrected chi connectivity index (χ2v) is 7.89. The van der Waals surface area contributed by atoms with Crippen LogP contribution in [-0.4, -0.2) is 17.1 Å². The summed E-state index contributed by atoms with van der Waals surface area (Å²) >= 11 is 8.83. The Kier molecular flexibility index (Phi) is 5.38. The Bertz CT molecular complexity index is 940. The lowest BCUT2D eigenvalue weighted by Crippen LogP contribution is -2.16.